The van der Waals surface area contributed by atoms with Crippen molar-refractivity contribution in [1.82, 2.24) is 0 Å². The summed E-state index contributed by atoms with van der Waals surface area (Å²) < 4.78 is 12.4. The lowest BCUT2D eigenvalue weighted by molar-refractivity contribution is -0.193. The van der Waals surface area contributed by atoms with Gasteiger partial charge < -0.3 is 14.6 Å². The van der Waals surface area contributed by atoms with Crippen LogP contribution in [-0.4, -0.2) is 28.6 Å². The second kappa shape index (κ2) is 9.00. The number of rotatable bonds is 10. The number of ether oxygens (including phenoxy) is 2. The smallest absolute Gasteiger partial charge is 0.309 e. The molecule has 35 heavy (non-hydrogen) atoms. The zero-order valence-corrected chi connectivity index (χ0v) is 24.2. The molecule has 0 radical (unpaired) electrons. The van der Waals surface area contributed by atoms with Gasteiger partial charge in [0.05, 0.1) is 11.5 Å². The second-order valence-electron chi connectivity index (χ2n) is 16.3. The predicted molar refractivity (Wildman–Crippen MR) is 141 cm³/mol. The maximum absolute atomic E-state index is 13.7. The van der Waals surface area contributed by atoms with Crippen LogP contribution in [0.4, 0.5) is 0 Å². The van der Waals surface area contributed by atoms with Crippen LogP contribution in [-0.2, 0) is 14.3 Å². The van der Waals surface area contributed by atoms with Gasteiger partial charge in [0.25, 0.3) is 0 Å². The Labute approximate surface area is 215 Å². The molecular formula is C31H54O4. The van der Waals surface area contributed by atoms with E-state index in [1.54, 1.807) is 0 Å². The first kappa shape index (κ1) is 27.4. The molecule has 0 aliphatic heterocycles. The minimum atomic E-state index is -0.772. The van der Waals surface area contributed by atoms with Gasteiger partial charge in [0, 0.05) is 5.92 Å². The molecule has 0 aromatic rings. The van der Waals surface area contributed by atoms with Gasteiger partial charge in [0.1, 0.15) is 5.60 Å². The van der Waals surface area contributed by atoms with Gasteiger partial charge in [0.2, 0.25) is 0 Å². The van der Waals surface area contributed by atoms with Gasteiger partial charge in [0.15, 0.2) is 6.29 Å². The predicted octanol–water partition coefficient (Wildman–Crippen LogP) is 7.52. The number of fused-ring (bicyclic) bond motifs is 2. The summed E-state index contributed by atoms with van der Waals surface area (Å²) in [5.74, 6) is 2.57. The largest absolute Gasteiger partial charge is 0.459 e. The molecule has 0 saturated heterocycles. The molecule has 4 aliphatic carbocycles. The molecule has 4 aliphatic rings. The van der Waals surface area contributed by atoms with Crippen molar-refractivity contribution >= 4 is 5.97 Å². The fourth-order valence-corrected chi connectivity index (χ4v) is 8.86. The van der Waals surface area contributed by atoms with Crippen LogP contribution in [0.1, 0.15) is 127 Å². The molecule has 8 atom stereocenters. The first-order chi connectivity index (χ1) is 15.9. The van der Waals surface area contributed by atoms with Crippen molar-refractivity contribution in [2.24, 2.45) is 45.8 Å². The van der Waals surface area contributed by atoms with Crippen LogP contribution in [0.25, 0.3) is 0 Å². The normalized spacial score (nSPS) is 36.5. The van der Waals surface area contributed by atoms with Crippen molar-refractivity contribution in [3.63, 3.8) is 0 Å². The van der Waals surface area contributed by atoms with Gasteiger partial charge in [-0.2, -0.15) is 0 Å². The van der Waals surface area contributed by atoms with Crippen molar-refractivity contribution < 1.29 is 19.4 Å². The van der Waals surface area contributed by atoms with E-state index in [9.17, 15) is 9.90 Å². The van der Waals surface area contributed by atoms with Crippen LogP contribution >= 0.6 is 0 Å². The summed E-state index contributed by atoms with van der Waals surface area (Å²) in [6.07, 6.45) is 10.3. The maximum Gasteiger partial charge on any atom is 0.309 e. The molecule has 0 heterocycles. The molecule has 3 bridgehead atoms. The van der Waals surface area contributed by atoms with Crippen LogP contribution in [0.2, 0.25) is 0 Å². The van der Waals surface area contributed by atoms with Crippen molar-refractivity contribution in [3.05, 3.63) is 0 Å². The number of hydrogen-bond acceptors (Lipinski definition) is 4. The van der Waals surface area contributed by atoms with E-state index in [0.717, 1.165) is 62.7 Å². The van der Waals surface area contributed by atoms with Crippen LogP contribution in [0.15, 0.2) is 0 Å². The molecule has 8 unspecified atom stereocenters. The number of carbonyl (C=O) groups excluding carboxylic acids is 1. The van der Waals surface area contributed by atoms with Gasteiger partial charge >= 0.3 is 5.97 Å². The molecule has 0 aromatic heterocycles. The SMILES string of the molecule is CC(CC(C)(C)CCC(CC(C)(C)C)C(=O)OC12CC3CC4CC(C1)C4(C3)C2)C(O)OC(C)(C)C. The highest BCUT2D eigenvalue weighted by molar-refractivity contribution is 5.73. The highest BCUT2D eigenvalue weighted by Crippen LogP contribution is 2.77. The molecule has 4 nitrogen and oxygen atoms in total. The van der Waals surface area contributed by atoms with E-state index in [4.69, 9.17) is 9.47 Å². The minimum Gasteiger partial charge on any atom is -0.459 e. The molecule has 0 amide bonds. The fourth-order valence-electron chi connectivity index (χ4n) is 8.86. The molecule has 4 fully saturated rings. The van der Waals surface area contributed by atoms with Gasteiger partial charge in [-0.05, 0) is 119 Å². The number of esters is 1. The zero-order valence-electron chi connectivity index (χ0n) is 24.2. The summed E-state index contributed by atoms with van der Waals surface area (Å²) >= 11 is 0. The number of aliphatic hydroxyl groups is 1. The average Bonchev–Trinajstić information content (AvgIpc) is 2.97. The molecular weight excluding hydrogens is 436 g/mol. The number of carbonyl (C=O) groups is 1. The second-order valence-corrected chi connectivity index (χ2v) is 16.3. The van der Waals surface area contributed by atoms with Crippen molar-refractivity contribution in [3.8, 4) is 0 Å². The lowest BCUT2D eigenvalue weighted by atomic mass is 9.56. The Hall–Kier alpha value is -0.610. The molecule has 202 valence electrons. The monoisotopic (exact) mass is 490 g/mol. The molecule has 1 N–H and O–H groups in total. The third-order valence-corrected chi connectivity index (χ3v) is 9.93. The summed E-state index contributed by atoms with van der Waals surface area (Å²) in [7, 11) is 0. The highest BCUT2D eigenvalue weighted by atomic mass is 16.6. The summed E-state index contributed by atoms with van der Waals surface area (Å²) in [4.78, 5) is 13.7. The lowest BCUT2D eigenvalue weighted by Gasteiger charge is -2.49. The van der Waals surface area contributed by atoms with E-state index in [1.165, 1.54) is 19.3 Å². The van der Waals surface area contributed by atoms with Crippen molar-refractivity contribution in [2.45, 2.75) is 144 Å². The molecule has 1 spiro atoms. The Morgan fingerprint density at radius 3 is 2.29 bits per heavy atom. The van der Waals surface area contributed by atoms with E-state index in [1.807, 2.05) is 20.8 Å². The quantitative estimate of drug-likeness (QED) is 0.254. The van der Waals surface area contributed by atoms with Gasteiger partial charge in [-0.15, -0.1) is 0 Å². The summed E-state index contributed by atoms with van der Waals surface area (Å²) in [6.45, 7) is 19.2. The lowest BCUT2D eigenvalue weighted by Crippen LogP contribution is -2.43. The minimum absolute atomic E-state index is 0.0128. The van der Waals surface area contributed by atoms with Gasteiger partial charge in [-0.3, -0.25) is 4.79 Å². The Morgan fingerprint density at radius 2 is 1.66 bits per heavy atom. The molecule has 4 rings (SSSR count). The topological polar surface area (TPSA) is 55.8 Å². The molecule has 4 heteroatoms. The van der Waals surface area contributed by atoms with E-state index in [2.05, 4.69) is 41.5 Å². The Kier molecular flexibility index (Phi) is 7.05. The van der Waals surface area contributed by atoms with Gasteiger partial charge in [-0.25, -0.2) is 0 Å². The maximum atomic E-state index is 13.7. The number of hydrogen-bond donors (Lipinski definition) is 1. The van der Waals surface area contributed by atoms with Gasteiger partial charge in [-0.1, -0.05) is 41.5 Å². The summed E-state index contributed by atoms with van der Waals surface area (Å²) in [5, 5.41) is 10.6. The molecule has 0 aromatic carbocycles. The van der Waals surface area contributed by atoms with E-state index in [0.29, 0.717) is 5.41 Å². The summed E-state index contributed by atoms with van der Waals surface area (Å²) in [5.41, 5.74) is 0.108. The third kappa shape index (κ3) is 5.95. The first-order valence-corrected chi connectivity index (χ1v) is 14.5. The first-order valence-electron chi connectivity index (χ1n) is 14.5. The van der Waals surface area contributed by atoms with Crippen LogP contribution in [0, 0.1) is 45.8 Å². The summed E-state index contributed by atoms with van der Waals surface area (Å²) in [6, 6.07) is 0. The van der Waals surface area contributed by atoms with Crippen molar-refractivity contribution in [2.75, 3.05) is 0 Å². The highest BCUT2D eigenvalue weighted by Gasteiger charge is 2.72. The standard InChI is InChI=1S/C31H54O4/c1-20(25(32)34-28(5,6)7)14-29(8,9)11-10-22(17-27(2,3)4)26(33)35-30-15-21-12-23-13-24(18-30)31(23,16-21)19-30/h20-25,32H,10-19H2,1-9H3. The van der Waals surface area contributed by atoms with Crippen molar-refractivity contribution in [1.29, 1.82) is 0 Å². The fraction of sp³-hybridized carbons (Fsp3) is 0.968. The molecule has 4 saturated carbocycles. The van der Waals surface area contributed by atoms with Crippen LogP contribution < -0.4 is 0 Å². The Balaban J connectivity index is 1.37. The average molecular weight is 491 g/mol. The third-order valence-electron chi connectivity index (χ3n) is 9.93. The van der Waals surface area contributed by atoms with E-state index < -0.39 is 6.29 Å². The van der Waals surface area contributed by atoms with E-state index >= 15 is 0 Å². The van der Waals surface area contributed by atoms with E-state index in [-0.39, 0.29) is 39.8 Å². The van der Waals surface area contributed by atoms with Crippen LogP contribution in [0.3, 0.4) is 0 Å². The zero-order chi connectivity index (χ0) is 26.0. The Bertz CT molecular complexity index is 785. The Morgan fingerprint density at radius 1 is 0.971 bits per heavy atom. The van der Waals surface area contributed by atoms with Crippen LogP contribution in [0.5, 0.6) is 0 Å². The number of aliphatic hydroxyl groups excluding tert-OH is 1.